The molecule has 0 bridgehead atoms. The van der Waals surface area contributed by atoms with Crippen LogP contribution in [0.2, 0.25) is 0 Å². The summed E-state index contributed by atoms with van der Waals surface area (Å²) in [6, 6.07) is 13.1. The second-order valence-corrected chi connectivity index (χ2v) is 5.79. The fraction of sp³-hybridized carbons (Fsp3) is 0.118. The van der Waals surface area contributed by atoms with Crippen LogP contribution in [0.3, 0.4) is 0 Å². The molecule has 3 nitrogen and oxygen atoms in total. The predicted molar refractivity (Wildman–Crippen MR) is 87.2 cm³/mol. The van der Waals surface area contributed by atoms with E-state index in [0.717, 1.165) is 32.4 Å². The Hall–Kier alpha value is -2.07. The number of carbonyl (C=O) groups is 1. The van der Waals surface area contributed by atoms with Crippen molar-refractivity contribution in [2.45, 2.75) is 6.92 Å². The van der Waals surface area contributed by atoms with Crippen LogP contribution in [0.1, 0.15) is 21.6 Å². The molecular weight excluding hydrogens is 330 g/mol. The van der Waals surface area contributed by atoms with Gasteiger partial charge in [0.15, 0.2) is 5.78 Å². The lowest BCUT2D eigenvalue weighted by Gasteiger charge is -2.03. The molecule has 3 aromatic rings. The highest BCUT2D eigenvalue weighted by molar-refractivity contribution is 9.10. The Labute approximate surface area is 131 Å². The third kappa shape index (κ3) is 2.47. The lowest BCUT2D eigenvalue weighted by molar-refractivity contribution is 0.103. The number of fused-ring (bicyclic) bond motifs is 1. The molecule has 0 amide bonds. The molecule has 0 aliphatic heterocycles. The molecule has 3 rings (SSSR count). The first-order valence-electron chi connectivity index (χ1n) is 6.56. The van der Waals surface area contributed by atoms with Gasteiger partial charge >= 0.3 is 0 Å². The van der Waals surface area contributed by atoms with E-state index in [1.165, 1.54) is 0 Å². The number of rotatable bonds is 3. The number of halogens is 1. The fourth-order valence-corrected chi connectivity index (χ4v) is 2.84. The standard InChI is InChI=1S/C17H14BrNO2/c1-10-16(14-8-5-12(18)9-15(14)19-10)17(20)11-3-6-13(21-2)7-4-11/h3-9,19H,1-2H3. The van der Waals surface area contributed by atoms with Gasteiger partial charge in [-0.3, -0.25) is 4.79 Å². The molecule has 1 heterocycles. The van der Waals surface area contributed by atoms with Crippen LogP contribution in [-0.2, 0) is 0 Å². The molecule has 0 aliphatic carbocycles. The second kappa shape index (κ2) is 5.37. The number of ketones is 1. The number of carbonyl (C=O) groups excluding carboxylic acids is 1. The Morgan fingerprint density at radius 3 is 2.52 bits per heavy atom. The SMILES string of the molecule is COc1ccc(C(=O)c2c(C)[nH]c3cc(Br)ccc23)cc1. The normalized spacial score (nSPS) is 10.8. The average Bonchev–Trinajstić information content (AvgIpc) is 2.81. The van der Waals surface area contributed by atoms with Crippen LogP contribution >= 0.6 is 15.9 Å². The summed E-state index contributed by atoms with van der Waals surface area (Å²) in [5, 5.41) is 0.941. The zero-order valence-electron chi connectivity index (χ0n) is 11.7. The Bertz CT molecular complexity index is 819. The van der Waals surface area contributed by atoms with Gasteiger partial charge < -0.3 is 9.72 Å². The third-order valence-electron chi connectivity index (χ3n) is 3.53. The summed E-state index contributed by atoms with van der Waals surface area (Å²) in [7, 11) is 1.61. The maximum Gasteiger partial charge on any atom is 0.195 e. The van der Waals surface area contributed by atoms with Gasteiger partial charge in [0, 0.05) is 26.6 Å². The quantitative estimate of drug-likeness (QED) is 0.712. The van der Waals surface area contributed by atoms with Gasteiger partial charge in [-0.2, -0.15) is 0 Å². The van der Waals surface area contributed by atoms with E-state index in [4.69, 9.17) is 4.74 Å². The molecule has 0 saturated heterocycles. The number of benzene rings is 2. The number of aromatic nitrogens is 1. The Morgan fingerprint density at radius 1 is 1.14 bits per heavy atom. The van der Waals surface area contributed by atoms with E-state index >= 15 is 0 Å². The highest BCUT2D eigenvalue weighted by Gasteiger charge is 2.17. The van der Waals surface area contributed by atoms with Gasteiger partial charge in [0.1, 0.15) is 5.75 Å². The monoisotopic (exact) mass is 343 g/mol. The number of hydrogen-bond donors (Lipinski definition) is 1. The van der Waals surface area contributed by atoms with Crippen molar-refractivity contribution in [1.82, 2.24) is 4.98 Å². The van der Waals surface area contributed by atoms with E-state index in [9.17, 15) is 4.79 Å². The van der Waals surface area contributed by atoms with Crippen molar-refractivity contribution in [1.29, 1.82) is 0 Å². The van der Waals surface area contributed by atoms with Crippen LogP contribution in [0.25, 0.3) is 10.9 Å². The number of methoxy groups -OCH3 is 1. The maximum atomic E-state index is 12.8. The van der Waals surface area contributed by atoms with E-state index < -0.39 is 0 Å². The van der Waals surface area contributed by atoms with Crippen molar-refractivity contribution in [3.8, 4) is 5.75 Å². The van der Waals surface area contributed by atoms with Crippen molar-refractivity contribution in [3.63, 3.8) is 0 Å². The van der Waals surface area contributed by atoms with Crippen molar-refractivity contribution < 1.29 is 9.53 Å². The first-order chi connectivity index (χ1) is 10.1. The van der Waals surface area contributed by atoms with Crippen LogP contribution in [0, 0.1) is 6.92 Å². The summed E-state index contributed by atoms with van der Waals surface area (Å²) >= 11 is 3.45. The Morgan fingerprint density at radius 2 is 1.86 bits per heavy atom. The average molecular weight is 344 g/mol. The summed E-state index contributed by atoms with van der Waals surface area (Å²) in [5.74, 6) is 0.759. The van der Waals surface area contributed by atoms with Crippen molar-refractivity contribution in [2.75, 3.05) is 7.11 Å². The third-order valence-corrected chi connectivity index (χ3v) is 4.02. The van der Waals surface area contributed by atoms with Crippen molar-refractivity contribution in [2.24, 2.45) is 0 Å². The molecule has 0 saturated carbocycles. The number of H-pyrrole nitrogens is 1. The Kier molecular flexibility index (Phi) is 3.55. The highest BCUT2D eigenvalue weighted by atomic mass is 79.9. The summed E-state index contributed by atoms with van der Waals surface area (Å²) in [6.45, 7) is 1.92. The lowest BCUT2D eigenvalue weighted by atomic mass is 10.0. The molecule has 4 heteroatoms. The topological polar surface area (TPSA) is 42.1 Å². The van der Waals surface area contributed by atoms with Gasteiger partial charge in [0.05, 0.1) is 12.7 Å². The first kappa shape index (κ1) is 13.9. The fourth-order valence-electron chi connectivity index (χ4n) is 2.48. The number of aryl methyl sites for hydroxylation is 1. The molecule has 0 radical (unpaired) electrons. The number of ether oxygens (including phenoxy) is 1. The minimum atomic E-state index is 0.0173. The molecule has 0 fully saturated rings. The molecule has 106 valence electrons. The predicted octanol–water partition coefficient (Wildman–Crippen LogP) is 4.48. The summed E-state index contributed by atoms with van der Waals surface area (Å²) < 4.78 is 6.11. The molecule has 0 unspecified atom stereocenters. The van der Waals surface area contributed by atoms with Gasteiger partial charge in [-0.25, -0.2) is 0 Å². The van der Waals surface area contributed by atoms with Gasteiger partial charge in [-0.15, -0.1) is 0 Å². The van der Waals surface area contributed by atoms with E-state index in [0.29, 0.717) is 5.56 Å². The Balaban J connectivity index is 2.10. The van der Waals surface area contributed by atoms with Crippen molar-refractivity contribution in [3.05, 3.63) is 63.8 Å². The molecule has 2 aromatic carbocycles. The van der Waals surface area contributed by atoms with Crippen LogP contribution in [-0.4, -0.2) is 17.9 Å². The molecular formula is C17H14BrNO2. The number of aromatic amines is 1. The molecule has 0 aliphatic rings. The zero-order chi connectivity index (χ0) is 15.0. The largest absolute Gasteiger partial charge is 0.497 e. The van der Waals surface area contributed by atoms with Gasteiger partial charge in [-0.05, 0) is 43.3 Å². The smallest absolute Gasteiger partial charge is 0.195 e. The van der Waals surface area contributed by atoms with Gasteiger partial charge in [-0.1, -0.05) is 22.0 Å². The highest BCUT2D eigenvalue weighted by Crippen LogP contribution is 2.27. The van der Waals surface area contributed by atoms with Crippen LogP contribution in [0.5, 0.6) is 5.75 Å². The van der Waals surface area contributed by atoms with Crippen LogP contribution < -0.4 is 4.74 Å². The lowest BCUT2D eigenvalue weighted by Crippen LogP contribution is -2.02. The van der Waals surface area contributed by atoms with Crippen molar-refractivity contribution >= 4 is 32.6 Å². The summed E-state index contributed by atoms with van der Waals surface area (Å²) in [5.41, 5.74) is 3.22. The summed E-state index contributed by atoms with van der Waals surface area (Å²) in [4.78, 5) is 16.0. The number of nitrogens with one attached hydrogen (secondary N) is 1. The van der Waals surface area contributed by atoms with Gasteiger partial charge in [0.2, 0.25) is 0 Å². The molecule has 1 aromatic heterocycles. The minimum absolute atomic E-state index is 0.0173. The number of hydrogen-bond acceptors (Lipinski definition) is 2. The molecule has 0 spiro atoms. The van der Waals surface area contributed by atoms with Gasteiger partial charge in [0.25, 0.3) is 0 Å². The summed E-state index contributed by atoms with van der Waals surface area (Å²) in [6.07, 6.45) is 0. The van der Waals surface area contributed by atoms with E-state index in [1.807, 2.05) is 25.1 Å². The van der Waals surface area contributed by atoms with E-state index in [-0.39, 0.29) is 5.78 Å². The molecule has 21 heavy (non-hydrogen) atoms. The van der Waals surface area contributed by atoms with Crippen LogP contribution in [0.15, 0.2) is 46.9 Å². The van der Waals surface area contributed by atoms with Crippen LogP contribution in [0.4, 0.5) is 0 Å². The molecule has 1 N–H and O–H groups in total. The second-order valence-electron chi connectivity index (χ2n) is 4.87. The maximum absolute atomic E-state index is 12.8. The molecule has 0 atom stereocenters. The zero-order valence-corrected chi connectivity index (χ0v) is 13.3. The van der Waals surface area contributed by atoms with E-state index in [1.54, 1.807) is 31.4 Å². The minimum Gasteiger partial charge on any atom is -0.497 e. The first-order valence-corrected chi connectivity index (χ1v) is 7.36. The van der Waals surface area contributed by atoms with E-state index in [2.05, 4.69) is 20.9 Å².